The first-order valence-electron chi connectivity index (χ1n) is 9.69. The molecular weight excluding hydrogens is 451 g/mol. The van der Waals surface area contributed by atoms with E-state index in [-0.39, 0.29) is 17.5 Å². The molecule has 0 aliphatic rings. The van der Waals surface area contributed by atoms with E-state index in [0.717, 1.165) is 21.6 Å². The molecule has 0 aliphatic heterocycles. The first kappa shape index (κ1) is 23.1. The molecule has 3 aromatic rings. The van der Waals surface area contributed by atoms with Gasteiger partial charge in [0.2, 0.25) is 0 Å². The molecule has 2 amide bonds. The second kappa shape index (κ2) is 10.6. The maximum absolute atomic E-state index is 12.8. The van der Waals surface area contributed by atoms with E-state index in [1.54, 1.807) is 24.3 Å². The van der Waals surface area contributed by atoms with Crippen molar-refractivity contribution in [2.75, 3.05) is 6.54 Å². The molecule has 4 nitrogen and oxygen atoms in total. The summed E-state index contributed by atoms with van der Waals surface area (Å²) >= 11 is 13.6. The summed E-state index contributed by atoms with van der Waals surface area (Å²) in [6.07, 6.45) is 2.22. The quantitative estimate of drug-likeness (QED) is 0.426. The smallest absolute Gasteiger partial charge is 0.267 e. The van der Waals surface area contributed by atoms with Crippen molar-refractivity contribution in [3.05, 3.63) is 96.8 Å². The Labute approximate surface area is 195 Å². The van der Waals surface area contributed by atoms with Gasteiger partial charge in [-0.2, -0.15) is 0 Å². The van der Waals surface area contributed by atoms with Crippen LogP contribution in [0.1, 0.15) is 31.9 Å². The minimum Gasteiger partial charge on any atom is -0.350 e. The second-order valence-corrected chi connectivity index (χ2v) is 8.89. The topological polar surface area (TPSA) is 58.2 Å². The minimum absolute atomic E-state index is 0.188. The molecule has 7 heteroatoms. The zero-order valence-corrected chi connectivity index (χ0v) is 19.5. The zero-order chi connectivity index (χ0) is 22.4. The number of carbonyl (C=O) groups excluding carboxylic acids is 2. The lowest BCUT2D eigenvalue weighted by Crippen LogP contribution is -2.35. The first-order chi connectivity index (χ1) is 14.8. The number of benzene rings is 2. The van der Waals surface area contributed by atoms with Gasteiger partial charge in [0.05, 0.1) is 0 Å². The van der Waals surface area contributed by atoms with Crippen LogP contribution in [0, 0.1) is 13.8 Å². The number of hydrogen-bond acceptors (Lipinski definition) is 3. The Kier molecular flexibility index (Phi) is 7.91. The third-order valence-electron chi connectivity index (χ3n) is 4.79. The van der Waals surface area contributed by atoms with Gasteiger partial charge in [-0.05, 0) is 78.7 Å². The summed E-state index contributed by atoms with van der Waals surface area (Å²) in [4.78, 5) is 26.5. The third kappa shape index (κ3) is 6.44. The molecule has 3 rings (SSSR count). The Bertz CT molecular complexity index is 1120. The lowest BCUT2D eigenvalue weighted by molar-refractivity contribution is -0.117. The van der Waals surface area contributed by atoms with Crippen molar-refractivity contribution in [2.45, 2.75) is 20.3 Å². The normalized spacial score (nSPS) is 11.3. The first-order valence-corrected chi connectivity index (χ1v) is 11.3. The lowest BCUT2D eigenvalue weighted by Gasteiger charge is -2.12. The van der Waals surface area contributed by atoms with Crippen LogP contribution in [-0.4, -0.2) is 18.4 Å². The van der Waals surface area contributed by atoms with Gasteiger partial charge in [0.1, 0.15) is 5.70 Å². The predicted octanol–water partition coefficient (Wildman–Crippen LogP) is 5.80. The molecule has 1 heterocycles. The molecule has 0 saturated heterocycles. The molecule has 160 valence electrons. The molecule has 1 aromatic heterocycles. The molecule has 0 radical (unpaired) electrons. The van der Waals surface area contributed by atoms with Gasteiger partial charge in [0.15, 0.2) is 0 Å². The fourth-order valence-electron chi connectivity index (χ4n) is 2.88. The van der Waals surface area contributed by atoms with E-state index in [4.69, 9.17) is 23.2 Å². The van der Waals surface area contributed by atoms with E-state index in [1.807, 2.05) is 49.6 Å². The van der Waals surface area contributed by atoms with Crippen LogP contribution in [0.15, 0.2) is 59.6 Å². The largest absolute Gasteiger partial charge is 0.350 e. The molecule has 0 fully saturated rings. The standard InChI is InChI=1S/C24H22Cl2N2O2S/c1-15-5-6-18(12-16(15)2)23(29)28-22(14-20-4-3-11-31-20)24(30)27-10-9-17-7-8-19(25)13-21(17)26/h3-8,11-14H,9-10H2,1-2H3,(H,27,30)(H,28,29)/b22-14+. The highest BCUT2D eigenvalue weighted by Gasteiger charge is 2.15. The van der Waals surface area contributed by atoms with Crippen molar-refractivity contribution < 1.29 is 9.59 Å². The SMILES string of the molecule is Cc1ccc(C(=O)N/C(=C/c2cccs2)C(=O)NCCc2ccc(Cl)cc2Cl)cc1C. The summed E-state index contributed by atoms with van der Waals surface area (Å²) in [5, 5.41) is 8.64. The minimum atomic E-state index is -0.365. The number of rotatable bonds is 7. The number of thiophene rings is 1. The van der Waals surface area contributed by atoms with E-state index >= 15 is 0 Å². The van der Waals surface area contributed by atoms with E-state index in [9.17, 15) is 9.59 Å². The van der Waals surface area contributed by atoms with Gasteiger partial charge in [-0.1, -0.05) is 41.4 Å². The van der Waals surface area contributed by atoms with Crippen LogP contribution < -0.4 is 10.6 Å². The maximum atomic E-state index is 12.8. The number of nitrogens with one attached hydrogen (secondary N) is 2. The summed E-state index contributed by atoms with van der Waals surface area (Å²) in [6.45, 7) is 4.30. The Balaban J connectivity index is 1.71. The molecule has 0 bridgehead atoms. The lowest BCUT2D eigenvalue weighted by atomic mass is 10.1. The van der Waals surface area contributed by atoms with Gasteiger partial charge in [0, 0.05) is 27.0 Å². The van der Waals surface area contributed by atoms with Gasteiger partial charge < -0.3 is 10.6 Å². The Morgan fingerprint density at radius 2 is 1.84 bits per heavy atom. The molecule has 0 atom stereocenters. The van der Waals surface area contributed by atoms with Gasteiger partial charge in [-0.15, -0.1) is 11.3 Å². The number of carbonyl (C=O) groups is 2. The van der Waals surface area contributed by atoms with Crippen LogP contribution in [0.5, 0.6) is 0 Å². The summed E-state index contributed by atoms with van der Waals surface area (Å²) in [7, 11) is 0. The maximum Gasteiger partial charge on any atom is 0.267 e. The van der Waals surface area contributed by atoms with E-state index in [0.29, 0.717) is 28.6 Å². The van der Waals surface area contributed by atoms with Crippen molar-refractivity contribution in [2.24, 2.45) is 0 Å². The van der Waals surface area contributed by atoms with Crippen molar-refractivity contribution in [1.82, 2.24) is 10.6 Å². The molecule has 2 aromatic carbocycles. The van der Waals surface area contributed by atoms with E-state index < -0.39 is 0 Å². The van der Waals surface area contributed by atoms with Gasteiger partial charge in [-0.3, -0.25) is 9.59 Å². The van der Waals surface area contributed by atoms with E-state index in [2.05, 4.69) is 10.6 Å². The average molecular weight is 473 g/mol. The fraction of sp³-hybridized carbons (Fsp3) is 0.167. The summed E-state index contributed by atoms with van der Waals surface area (Å²) in [5.74, 6) is -0.697. The predicted molar refractivity (Wildman–Crippen MR) is 129 cm³/mol. The fourth-order valence-corrected chi connectivity index (χ4v) is 4.04. The van der Waals surface area contributed by atoms with Crippen LogP contribution in [0.25, 0.3) is 6.08 Å². The monoisotopic (exact) mass is 472 g/mol. The number of hydrogen-bond donors (Lipinski definition) is 2. The van der Waals surface area contributed by atoms with Gasteiger partial charge >= 0.3 is 0 Å². The molecule has 0 unspecified atom stereocenters. The van der Waals surface area contributed by atoms with Crippen LogP contribution in [0.3, 0.4) is 0 Å². The third-order valence-corrected chi connectivity index (χ3v) is 6.19. The number of aryl methyl sites for hydroxylation is 2. The second-order valence-electron chi connectivity index (χ2n) is 7.07. The van der Waals surface area contributed by atoms with Gasteiger partial charge in [-0.25, -0.2) is 0 Å². The molecule has 31 heavy (non-hydrogen) atoms. The highest BCUT2D eigenvalue weighted by molar-refractivity contribution is 7.10. The molecule has 2 N–H and O–H groups in total. The molecular formula is C24H22Cl2N2O2S. The molecule has 0 spiro atoms. The highest BCUT2D eigenvalue weighted by atomic mass is 35.5. The summed E-state index contributed by atoms with van der Waals surface area (Å²) in [5.41, 5.74) is 3.69. The zero-order valence-electron chi connectivity index (χ0n) is 17.2. The van der Waals surface area contributed by atoms with Crippen molar-refractivity contribution in [1.29, 1.82) is 0 Å². The highest BCUT2D eigenvalue weighted by Crippen LogP contribution is 2.21. The number of amides is 2. The van der Waals surface area contributed by atoms with Crippen molar-refractivity contribution >= 4 is 52.4 Å². The average Bonchev–Trinajstić information content (AvgIpc) is 3.24. The van der Waals surface area contributed by atoms with Crippen molar-refractivity contribution in [3.63, 3.8) is 0 Å². The number of halogens is 2. The molecule has 0 aliphatic carbocycles. The van der Waals surface area contributed by atoms with Crippen molar-refractivity contribution in [3.8, 4) is 0 Å². The summed E-state index contributed by atoms with van der Waals surface area (Å²) < 4.78 is 0. The van der Waals surface area contributed by atoms with E-state index in [1.165, 1.54) is 11.3 Å². The van der Waals surface area contributed by atoms with Crippen LogP contribution in [0.2, 0.25) is 10.0 Å². The Morgan fingerprint density at radius 3 is 2.52 bits per heavy atom. The van der Waals surface area contributed by atoms with Crippen LogP contribution >= 0.6 is 34.5 Å². The van der Waals surface area contributed by atoms with Crippen LogP contribution in [0.4, 0.5) is 0 Å². The summed E-state index contributed by atoms with van der Waals surface area (Å²) in [6, 6.07) is 14.5. The Morgan fingerprint density at radius 1 is 1.03 bits per heavy atom. The Hall–Kier alpha value is -2.60. The molecule has 0 saturated carbocycles. The van der Waals surface area contributed by atoms with Gasteiger partial charge in [0.25, 0.3) is 11.8 Å². The van der Waals surface area contributed by atoms with Crippen LogP contribution in [-0.2, 0) is 11.2 Å².